The van der Waals surface area contributed by atoms with Gasteiger partial charge in [-0.15, -0.1) is 0 Å². The van der Waals surface area contributed by atoms with Crippen molar-refractivity contribution in [3.05, 3.63) is 0 Å². The highest BCUT2D eigenvalue weighted by molar-refractivity contribution is 4.66. The van der Waals surface area contributed by atoms with Gasteiger partial charge in [-0.1, -0.05) is 20.8 Å². The molecule has 0 atom stereocenters. The first-order chi connectivity index (χ1) is 4.56. The van der Waals surface area contributed by atoms with Crippen LogP contribution in [0, 0.1) is 0 Å². The fourth-order valence-electron chi connectivity index (χ4n) is 0.431. The Balaban J connectivity index is 0. The highest BCUT2D eigenvalue weighted by Gasteiger charge is 2.09. The van der Waals surface area contributed by atoms with E-state index in [1.165, 1.54) is 0 Å². The fraction of sp³-hybridized carbons (Fsp3) is 1.00. The van der Waals surface area contributed by atoms with Crippen molar-refractivity contribution in [2.75, 3.05) is 13.1 Å². The summed E-state index contributed by atoms with van der Waals surface area (Å²) in [6, 6.07) is 0. The Morgan fingerprint density at radius 2 is 1.70 bits per heavy atom. The maximum atomic E-state index is 9.09. The van der Waals surface area contributed by atoms with E-state index in [4.69, 9.17) is 5.11 Å². The van der Waals surface area contributed by atoms with Crippen molar-refractivity contribution in [1.82, 2.24) is 5.32 Å². The van der Waals surface area contributed by atoms with Crippen LogP contribution in [0.15, 0.2) is 0 Å². The summed E-state index contributed by atoms with van der Waals surface area (Å²) in [7, 11) is 0. The number of rotatable bonds is 3. The summed E-state index contributed by atoms with van der Waals surface area (Å²) in [6.45, 7) is 11.2. The van der Waals surface area contributed by atoms with Gasteiger partial charge in [-0.25, -0.2) is 0 Å². The maximum Gasteiger partial charge on any atom is 0.0715 e. The van der Waals surface area contributed by atoms with E-state index >= 15 is 0 Å². The molecular formula is C8H21NO. The van der Waals surface area contributed by atoms with Crippen LogP contribution in [0.4, 0.5) is 0 Å². The van der Waals surface area contributed by atoms with Gasteiger partial charge in [0.05, 0.1) is 5.60 Å². The van der Waals surface area contributed by atoms with Gasteiger partial charge in [-0.3, -0.25) is 0 Å². The Morgan fingerprint density at radius 1 is 1.30 bits per heavy atom. The van der Waals surface area contributed by atoms with Gasteiger partial charge < -0.3 is 10.4 Å². The molecule has 0 aromatic heterocycles. The van der Waals surface area contributed by atoms with Crippen LogP contribution in [-0.4, -0.2) is 23.8 Å². The highest BCUT2D eigenvalue weighted by Crippen LogP contribution is 1.95. The van der Waals surface area contributed by atoms with Crippen molar-refractivity contribution in [1.29, 1.82) is 0 Å². The Bertz CT molecular complexity index is 56.8. The zero-order valence-electron chi connectivity index (χ0n) is 7.86. The van der Waals surface area contributed by atoms with E-state index < -0.39 is 5.60 Å². The monoisotopic (exact) mass is 147 g/mol. The third kappa shape index (κ3) is 15.7. The standard InChI is InChI=1S/C6H15NO.C2H6/c1-4-7-5-6(2,3)8;1-2/h7-8H,4-5H2,1-3H3;1-2H3. The number of aliphatic hydroxyl groups is 1. The molecule has 10 heavy (non-hydrogen) atoms. The first-order valence-corrected chi connectivity index (χ1v) is 3.99. The zero-order chi connectivity index (χ0) is 8.62. The third-order valence-electron chi connectivity index (χ3n) is 0.808. The van der Waals surface area contributed by atoms with E-state index in [0.29, 0.717) is 6.54 Å². The van der Waals surface area contributed by atoms with Crippen molar-refractivity contribution >= 4 is 0 Å². The maximum absolute atomic E-state index is 9.09. The molecule has 0 saturated heterocycles. The smallest absolute Gasteiger partial charge is 0.0715 e. The SMILES string of the molecule is CC.CCNCC(C)(C)O. The van der Waals surface area contributed by atoms with Crippen molar-refractivity contribution in [3.8, 4) is 0 Å². The van der Waals surface area contributed by atoms with Crippen molar-refractivity contribution in [2.24, 2.45) is 0 Å². The molecule has 2 N–H and O–H groups in total. The molecule has 0 saturated carbocycles. The van der Waals surface area contributed by atoms with Crippen LogP contribution in [0.1, 0.15) is 34.6 Å². The zero-order valence-corrected chi connectivity index (χ0v) is 7.86. The first-order valence-electron chi connectivity index (χ1n) is 3.99. The highest BCUT2D eigenvalue weighted by atomic mass is 16.3. The number of hydrogen-bond donors (Lipinski definition) is 2. The van der Waals surface area contributed by atoms with Crippen LogP contribution in [0.5, 0.6) is 0 Å². The van der Waals surface area contributed by atoms with Crippen molar-refractivity contribution in [2.45, 2.75) is 40.2 Å². The summed E-state index contributed by atoms with van der Waals surface area (Å²) < 4.78 is 0. The molecule has 0 aliphatic rings. The van der Waals surface area contributed by atoms with Gasteiger partial charge in [-0.05, 0) is 20.4 Å². The lowest BCUT2D eigenvalue weighted by atomic mass is 10.1. The lowest BCUT2D eigenvalue weighted by molar-refractivity contribution is 0.0805. The summed E-state index contributed by atoms with van der Waals surface area (Å²) in [5.41, 5.74) is -0.560. The number of likely N-dealkylation sites (N-methyl/N-ethyl adjacent to an activating group) is 1. The van der Waals surface area contributed by atoms with Gasteiger partial charge in [-0.2, -0.15) is 0 Å². The second kappa shape index (κ2) is 7.03. The van der Waals surface area contributed by atoms with E-state index in [1.807, 2.05) is 20.8 Å². The predicted molar refractivity (Wildman–Crippen MR) is 46.2 cm³/mol. The van der Waals surface area contributed by atoms with E-state index in [1.54, 1.807) is 13.8 Å². The summed E-state index contributed by atoms with van der Waals surface area (Å²) in [5, 5.41) is 12.1. The van der Waals surface area contributed by atoms with Gasteiger partial charge in [0.15, 0.2) is 0 Å². The van der Waals surface area contributed by atoms with Crippen LogP contribution in [-0.2, 0) is 0 Å². The molecule has 0 aromatic carbocycles. The van der Waals surface area contributed by atoms with Gasteiger partial charge in [0.2, 0.25) is 0 Å². The van der Waals surface area contributed by atoms with E-state index in [9.17, 15) is 0 Å². The molecule has 0 radical (unpaired) electrons. The Labute approximate surface area is 64.6 Å². The second-order valence-corrected chi connectivity index (χ2v) is 2.59. The largest absolute Gasteiger partial charge is 0.389 e. The molecule has 0 heterocycles. The van der Waals surface area contributed by atoms with E-state index in [0.717, 1.165) is 6.54 Å². The summed E-state index contributed by atoms with van der Waals surface area (Å²) in [4.78, 5) is 0. The van der Waals surface area contributed by atoms with E-state index in [-0.39, 0.29) is 0 Å². The quantitative estimate of drug-likeness (QED) is 0.632. The van der Waals surface area contributed by atoms with Crippen LogP contribution in [0.2, 0.25) is 0 Å². The number of hydrogen-bond acceptors (Lipinski definition) is 2. The molecule has 64 valence electrons. The lowest BCUT2D eigenvalue weighted by Crippen LogP contribution is -2.34. The van der Waals surface area contributed by atoms with Crippen molar-refractivity contribution < 1.29 is 5.11 Å². The molecule has 0 bridgehead atoms. The van der Waals surface area contributed by atoms with Crippen molar-refractivity contribution in [3.63, 3.8) is 0 Å². The van der Waals surface area contributed by atoms with Crippen LogP contribution >= 0.6 is 0 Å². The minimum Gasteiger partial charge on any atom is -0.389 e. The second-order valence-electron chi connectivity index (χ2n) is 2.59. The van der Waals surface area contributed by atoms with Gasteiger partial charge >= 0.3 is 0 Å². The molecule has 2 nitrogen and oxygen atoms in total. The van der Waals surface area contributed by atoms with Gasteiger partial charge in [0.25, 0.3) is 0 Å². The molecule has 0 amide bonds. The third-order valence-corrected chi connectivity index (χ3v) is 0.808. The Hall–Kier alpha value is -0.0800. The molecular weight excluding hydrogens is 126 g/mol. The Morgan fingerprint density at radius 3 is 1.80 bits per heavy atom. The normalized spacial score (nSPS) is 10.2. The summed E-state index contributed by atoms with van der Waals surface area (Å²) in [6.07, 6.45) is 0. The van der Waals surface area contributed by atoms with Crippen LogP contribution < -0.4 is 5.32 Å². The number of nitrogens with one attached hydrogen (secondary N) is 1. The molecule has 0 fully saturated rings. The predicted octanol–water partition coefficient (Wildman–Crippen LogP) is 1.39. The van der Waals surface area contributed by atoms with Gasteiger partial charge in [0, 0.05) is 6.54 Å². The Kier molecular flexibility index (Phi) is 8.85. The summed E-state index contributed by atoms with van der Waals surface area (Å²) in [5.74, 6) is 0. The fourth-order valence-corrected chi connectivity index (χ4v) is 0.431. The molecule has 0 spiro atoms. The molecule has 0 aliphatic carbocycles. The van der Waals surface area contributed by atoms with Gasteiger partial charge in [0.1, 0.15) is 0 Å². The molecule has 0 aliphatic heterocycles. The average molecular weight is 147 g/mol. The molecule has 2 heteroatoms. The first kappa shape index (κ1) is 12.6. The van der Waals surface area contributed by atoms with Crippen LogP contribution in [0.3, 0.4) is 0 Å². The van der Waals surface area contributed by atoms with E-state index in [2.05, 4.69) is 5.32 Å². The molecule has 0 unspecified atom stereocenters. The summed E-state index contributed by atoms with van der Waals surface area (Å²) >= 11 is 0. The minimum atomic E-state index is -0.560. The lowest BCUT2D eigenvalue weighted by Gasteiger charge is -2.16. The topological polar surface area (TPSA) is 32.3 Å². The average Bonchev–Trinajstić information content (AvgIpc) is 1.87. The van der Waals surface area contributed by atoms with Crippen LogP contribution in [0.25, 0.3) is 0 Å². The molecule has 0 aromatic rings. The minimum absolute atomic E-state index is 0.560. The molecule has 0 rings (SSSR count).